The summed E-state index contributed by atoms with van der Waals surface area (Å²) in [5.41, 5.74) is 0.837. The second kappa shape index (κ2) is 8.88. The van der Waals surface area contributed by atoms with Gasteiger partial charge in [-0.1, -0.05) is 18.2 Å². The van der Waals surface area contributed by atoms with Crippen LogP contribution in [0.15, 0.2) is 48.5 Å². The molecule has 0 saturated heterocycles. The Morgan fingerprint density at radius 1 is 1.18 bits per heavy atom. The number of hydrogen-bond acceptors (Lipinski definition) is 5. The fourth-order valence-electron chi connectivity index (χ4n) is 3.71. The average Bonchev–Trinajstić information content (AvgIpc) is 3.30. The molecule has 1 N–H and O–H groups in total. The molecule has 11 heteroatoms. The lowest BCUT2D eigenvalue weighted by Gasteiger charge is -2.11. The van der Waals surface area contributed by atoms with Gasteiger partial charge in [0.15, 0.2) is 0 Å². The molecule has 0 fully saturated rings. The Labute approximate surface area is 197 Å². The second-order valence-electron chi connectivity index (χ2n) is 7.71. The molecule has 2 aromatic carbocycles. The molecule has 0 bridgehead atoms. The highest BCUT2D eigenvalue weighted by Crippen LogP contribution is 2.33. The number of carboxylic acid groups (broad SMARTS) is 1. The number of halogens is 3. The van der Waals surface area contributed by atoms with Gasteiger partial charge in [0.2, 0.25) is 10.0 Å². The van der Waals surface area contributed by atoms with Crippen molar-refractivity contribution in [3.63, 3.8) is 0 Å². The van der Waals surface area contributed by atoms with E-state index >= 15 is 0 Å². The van der Waals surface area contributed by atoms with Crippen molar-refractivity contribution in [1.29, 1.82) is 0 Å². The van der Waals surface area contributed by atoms with Crippen LogP contribution in [0, 0.1) is 6.92 Å². The summed E-state index contributed by atoms with van der Waals surface area (Å²) in [6, 6.07) is 9.66. The molecule has 0 aliphatic heterocycles. The number of hydrogen-bond donors (Lipinski definition) is 1. The van der Waals surface area contributed by atoms with Crippen LogP contribution < -0.4 is 0 Å². The Hall–Kier alpha value is -3.18. The van der Waals surface area contributed by atoms with E-state index in [4.69, 9.17) is 5.11 Å². The number of benzene rings is 2. The fraction of sp³-hybridized carbons (Fsp3) is 0.217. The van der Waals surface area contributed by atoms with E-state index in [1.54, 1.807) is 17.4 Å². The van der Waals surface area contributed by atoms with E-state index in [0.717, 1.165) is 43.0 Å². The van der Waals surface area contributed by atoms with Gasteiger partial charge in [-0.25, -0.2) is 17.4 Å². The fourth-order valence-corrected chi connectivity index (χ4v) is 5.97. The molecule has 34 heavy (non-hydrogen) atoms. The van der Waals surface area contributed by atoms with Crippen LogP contribution in [0.4, 0.5) is 13.2 Å². The Balaban J connectivity index is 1.69. The molecule has 0 saturated carbocycles. The molecule has 4 aromatic rings. The van der Waals surface area contributed by atoms with Crippen LogP contribution in [0.1, 0.15) is 28.2 Å². The van der Waals surface area contributed by atoms with Crippen LogP contribution in [0.5, 0.6) is 0 Å². The van der Waals surface area contributed by atoms with Crippen LogP contribution >= 0.6 is 11.3 Å². The van der Waals surface area contributed by atoms with E-state index in [1.807, 2.05) is 25.1 Å². The lowest BCUT2D eigenvalue weighted by Crippen LogP contribution is -2.18. The van der Waals surface area contributed by atoms with Crippen molar-refractivity contribution in [2.75, 3.05) is 5.75 Å². The highest BCUT2D eigenvalue weighted by atomic mass is 32.2. The highest BCUT2D eigenvalue weighted by Gasteiger charge is 2.31. The third-order valence-electron chi connectivity index (χ3n) is 5.17. The van der Waals surface area contributed by atoms with Crippen molar-refractivity contribution in [2.45, 2.75) is 25.9 Å². The minimum absolute atomic E-state index is 0.0705. The number of fused-ring (bicyclic) bond motifs is 2. The van der Waals surface area contributed by atoms with Crippen LogP contribution in [0.25, 0.3) is 27.2 Å². The molecule has 0 amide bonds. The molecule has 0 radical (unpaired) electrons. The standard InChI is InChI=1S/C23H19F3N2O4S2/c1-14-27-19-11-15(4-8-21(19)33-14)3-2-10-34(31,32)28-18(6-9-22(29)30)13-16-12-17(23(24,25)26)5-7-20(16)28/h2-5,7-8,11-13H,6,9-10H2,1H3,(H,29,30). The lowest BCUT2D eigenvalue weighted by molar-refractivity contribution is -0.138. The maximum atomic E-state index is 13.2. The topological polar surface area (TPSA) is 89.3 Å². The zero-order valence-corrected chi connectivity index (χ0v) is 19.5. The van der Waals surface area contributed by atoms with Crippen molar-refractivity contribution in [1.82, 2.24) is 8.96 Å². The predicted molar refractivity (Wildman–Crippen MR) is 125 cm³/mol. The van der Waals surface area contributed by atoms with E-state index < -0.39 is 33.5 Å². The number of carbonyl (C=O) groups is 1. The highest BCUT2D eigenvalue weighted by molar-refractivity contribution is 7.90. The first-order valence-electron chi connectivity index (χ1n) is 10.1. The zero-order chi connectivity index (χ0) is 24.7. The van der Waals surface area contributed by atoms with Crippen LogP contribution in [0.3, 0.4) is 0 Å². The van der Waals surface area contributed by atoms with Crippen molar-refractivity contribution >= 4 is 54.5 Å². The first-order chi connectivity index (χ1) is 15.9. The summed E-state index contributed by atoms with van der Waals surface area (Å²) >= 11 is 1.55. The number of carboxylic acids is 1. The van der Waals surface area contributed by atoms with Gasteiger partial charge in [0.05, 0.1) is 38.5 Å². The predicted octanol–water partition coefficient (Wildman–Crippen LogP) is 5.49. The molecule has 0 atom stereocenters. The lowest BCUT2D eigenvalue weighted by atomic mass is 10.1. The Morgan fingerprint density at radius 3 is 2.65 bits per heavy atom. The first-order valence-corrected chi connectivity index (χ1v) is 12.6. The summed E-state index contributed by atoms with van der Waals surface area (Å²) in [6.07, 6.45) is -2.01. The Bertz CT molecular complexity index is 1530. The molecule has 2 aromatic heterocycles. The summed E-state index contributed by atoms with van der Waals surface area (Å²) in [5, 5.41) is 10.0. The van der Waals surface area contributed by atoms with Gasteiger partial charge in [-0.3, -0.25) is 4.79 Å². The number of aryl methyl sites for hydroxylation is 2. The largest absolute Gasteiger partial charge is 0.481 e. The van der Waals surface area contributed by atoms with E-state index in [1.165, 1.54) is 12.1 Å². The third-order valence-corrected chi connectivity index (χ3v) is 7.72. The summed E-state index contributed by atoms with van der Waals surface area (Å²) in [7, 11) is -4.04. The van der Waals surface area contributed by atoms with Gasteiger partial charge in [-0.15, -0.1) is 11.3 Å². The van der Waals surface area contributed by atoms with Crippen molar-refractivity contribution < 1.29 is 31.5 Å². The van der Waals surface area contributed by atoms with Gasteiger partial charge in [0.1, 0.15) is 0 Å². The van der Waals surface area contributed by atoms with Gasteiger partial charge < -0.3 is 5.11 Å². The Morgan fingerprint density at radius 2 is 1.94 bits per heavy atom. The smallest absolute Gasteiger partial charge is 0.416 e. The van der Waals surface area contributed by atoms with E-state index in [0.29, 0.717) is 0 Å². The molecule has 0 aliphatic carbocycles. The van der Waals surface area contributed by atoms with E-state index in [2.05, 4.69) is 4.98 Å². The third kappa shape index (κ3) is 5.00. The maximum absolute atomic E-state index is 13.2. The first kappa shape index (κ1) is 24.0. The number of alkyl halides is 3. The van der Waals surface area contributed by atoms with Gasteiger partial charge in [-0.2, -0.15) is 13.2 Å². The van der Waals surface area contributed by atoms with Crippen LogP contribution in [-0.4, -0.2) is 34.2 Å². The van der Waals surface area contributed by atoms with Gasteiger partial charge >= 0.3 is 12.1 Å². The molecule has 0 spiro atoms. The van der Waals surface area contributed by atoms with E-state index in [-0.39, 0.29) is 29.4 Å². The van der Waals surface area contributed by atoms with Crippen molar-refractivity contribution in [2.24, 2.45) is 0 Å². The molecular weight excluding hydrogens is 489 g/mol. The van der Waals surface area contributed by atoms with Crippen molar-refractivity contribution in [3.8, 4) is 0 Å². The van der Waals surface area contributed by atoms with Gasteiger partial charge in [-0.05, 0) is 55.3 Å². The van der Waals surface area contributed by atoms with Crippen LogP contribution in [0.2, 0.25) is 0 Å². The van der Waals surface area contributed by atoms with Crippen molar-refractivity contribution in [3.05, 3.63) is 70.4 Å². The average molecular weight is 509 g/mol. The zero-order valence-electron chi connectivity index (χ0n) is 17.8. The minimum atomic E-state index is -4.59. The number of nitrogens with zero attached hydrogens (tertiary/aromatic N) is 2. The van der Waals surface area contributed by atoms with E-state index in [9.17, 15) is 26.4 Å². The molecule has 0 unspecified atom stereocenters. The number of thiazole rings is 1. The van der Waals surface area contributed by atoms with Crippen LogP contribution in [-0.2, 0) is 27.4 Å². The normalized spacial score (nSPS) is 12.8. The Kier molecular flexibility index (Phi) is 6.26. The van der Waals surface area contributed by atoms with Gasteiger partial charge in [0.25, 0.3) is 0 Å². The number of aromatic nitrogens is 2. The molecule has 4 rings (SSSR count). The summed E-state index contributed by atoms with van der Waals surface area (Å²) in [5.74, 6) is -1.57. The molecule has 0 aliphatic rings. The quantitative estimate of drug-likeness (QED) is 0.357. The molecule has 2 heterocycles. The SMILES string of the molecule is Cc1nc2cc(C=CCS(=O)(=O)n3c(CCC(=O)O)cc4cc(C(F)(F)F)ccc43)ccc2s1. The number of rotatable bonds is 7. The molecular formula is C23H19F3N2O4S2. The summed E-state index contributed by atoms with van der Waals surface area (Å²) < 4.78 is 67.7. The van der Waals surface area contributed by atoms with Gasteiger partial charge in [0, 0.05) is 11.1 Å². The molecule has 178 valence electrons. The monoisotopic (exact) mass is 508 g/mol. The molecule has 6 nitrogen and oxygen atoms in total. The second-order valence-corrected chi connectivity index (χ2v) is 10.8. The maximum Gasteiger partial charge on any atom is 0.416 e. The summed E-state index contributed by atoms with van der Waals surface area (Å²) in [6.45, 7) is 1.90. The summed E-state index contributed by atoms with van der Waals surface area (Å²) in [4.78, 5) is 15.4. The number of aliphatic carboxylic acids is 1. The minimum Gasteiger partial charge on any atom is -0.481 e.